The number of nitrogens with zero attached hydrogens (tertiary/aromatic N) is 6. The summed E-state index contributed by atoms with van der Waals surface area (Å²) in [5.74, 6) is 1.93. The molecule has 21 heavy (non-hydrogen) atoms. The molecule has 0 atom stereocenters. The topological polar surface area (TPSA) is 71.8 Å². The molecule has 0 saturated carbocycles. The van der Waals surface area contributed by atoms with Crippen molar-refractivity contribution >= 4 is 11.9 Å². The van der Waals surface area contributed by atoms with Crippen LogP contribution in [0.1, 0.15) is 31.9 Å². The summed E-state index contributed by atoms with van der Waals surface area (Å²) in [6.07, 6.45) is 5.29. The van der Waals surface area contributed by atoms with Gasteiger partial charge in [0.25, 0.3) is 5.95 Å². The van der Waals surface area contributed by atoms with Crippen molar-refractivity contribution in [3.63, 3.8) is 0 Å². The second-order valence-corrected chi connectivity index (χ2v) is 5.28. The molecule has 7 heteroatoms. The van der Waals surface area contributed by atoms with Crippen LogP contribution >= 0.6 is 0 Å². The van der Waals surface area contributed by atoms with Crippen LogP contribution in [0.25, 0.3) is 5.95 Å². The Morgan fingerprint density at radius 2 is 1.90 bits per heavy atom. The van der Waals surface area contributed by atoms with Crippen molar-refractivity contribution in [2.75, 3.05) is 29.9 Å². The van der Waals surface area contributed by atoms with E-state index in [0.29, 0.717) is 11.9 Å². The van der Waals surface area contributed by atoms with Crippen LogP contribution in [-0.4, -0.2) is 44.4 Å². The zero-order valence-electron chi connectivity index (χ0n) is 12.6. The first kappa shape index (κ1) is 13.8. The second kappa shape index (κ2) is 6.07. The lowest BCUT2D eigenvalue weighted by Gasteiger charge is -2.16. The highest BCUT2D eigenvalue weighted by Gasteiger charge is 2.18. The lowest BCUT2D eigenvalue weighted by Crippen LogP contribution is -2.23. The monoisotopic (exact) mass is 287 g/mol. The van der Waals surface area contributed by atoms with Crippen LogP contribution < -0.4 is 10.2 Å². The van der Waals surface area contributed by atoms with Gasteiger partial charge in [-0.3, -0.25) is 0 Å². The Labute approximate surface area is 124 Å². The van der Waals surface area contributed by atoms with Gasteiger partial charge in [0.2, 0.25) is 11.9 Å². The molecule has 0 amide bonds. The van der Waals surface area contributed by atoms with E-state index in [2.05, 4.69) is 37.2 Å². The summed E-state index contributed by atoms with van der Waals surface area (Å²) in [5.41, 5.74) is 0.946. The summed E-state index contributed by atoms with van der Waals surface area (Å²) in [6.45, 7) is 6.94. The fraction of sp³-hybridized carbons (Fsp3) is 0.571. The van der Waals surface area contributed by atoms with Crippen LogP contribution in [0.5, 0.6) is 0 Å². The van der Waals surface area contributed by atoms with Crippen molar-refractivity contribution in [1.29, 1.82) is 0 Å². The lowest BCUT2D eigenvalue weighted by molar-refractivity contribution is 0.769. The summed E-state index contributed by atoms with van der Waals surface area (Å²) in [7, 11) is 0. The SMILES string of the molecule is CCCNc1nc(N2CCCC2)nc(-n2ccc(C)n2)n1. The van der Waals surface area contributed by atoms with Gasteiger partial charge in [-0.2, -0.15) is 20.1 Å². The van der Waals surface area contributed by atoms with E-state index in [4.69, 9.17) is 0 Å². The molecule has 2 aromatic heterocycles. The second-order valence-electron chi connectivity index (χ2n) is 5.28. The van der Waals surface area contributed by atoms with E-state index < -0.39 is 0 Å². The predicted octanol–water partition coefficient (Wildman–Crippen LogP) is 1.79. The number of nitrogens with one attached hydrogen (secondary N) is 1. The van der Waals surface area contributed by atoms with E-state index in [0.717, 1.165) is 37.7 Å². The third-order valence-corrected chi connectivity index (χ3v) is 3.46. The summed E-state index contributed by atoms with van der Waals surface area (Å²) in [4.78, 5) is 15.8. The van der Waals surface area contributed by atoms with Gasteiger partial charge in [-0.1, -0.05) is 6.92 Å². The van der Waals surface area contributed by atoms with Gasteiger partial charge in [0.1, 0.15) is 0 Å². The average molecular weight is 287 g/mol. The number of aromatic nitrogens is 5. The Kier molecular flexibility index (Phi) is 3.98. The molecule has 1 aliphatic heterocycles. The van der Waals surface area contributed by atoms with Crippen molar-refractivity contribution < 1.29 is 0 Å². The van der Waals surface area contributed by atoms with Crippen LogP contribution in [0.4, 0.5) is 11.9 Å². The van der Waals surface area contributed by atoms with E-state index in [1.807, 2.05) is 19.2 Å². The van der Waals surface area contributed by atoms with Crippen molar-refractivity contribution in [1.82, 2.24) is 24.7 Å². The van der Waals surface area contributed by atoms with E-state index in [1.54, 1.807) is 4.68 Å². The summed E-state index contributed by atoms with van der Waals surface area (Å²) < 4.78 is 1.70. The molecule has 0 aliphatic carbocycles. The number of hydrogen-bond donors (Lipinski definition) is 1. The zero-order valence-corrected chi connectivity index (χ0v) is 12.6. The highest BCUT2D eigenvalue weighted by molar-refractivity contribution is 5.40. The fourth-order valence-electron chi connectivity index (χ4n) is 2.36. The molecule has 3 rings (SSSR count). The third-order valence-electron chi connectivity index (χ3n) is 3.46. The molecule has 7 nitrogen and oxygen atoms in total. The van der Waals surface area contributed by atoms with E-state index in [-0.39, 0.29) is 0 Å². The van der Waals surface area contributed by atoms with Crippen molar-refractivity contribution in [2.45, 2.75) is 33.1 Å². The molecule has 0 spiro atoms. The fourth-order valence-corrected chi connectivity index (χ4v) is 2.36. The highest BCUT2D eigenvalue weighted by atomic mass is 15.4. The number of aryl methyl sites for hydroxylation is 1. The quantitative estimate of drug-likeness (QED) is 0.904. The minimum Gasteiger partial charge on any atom is -0.354 e. The van der Waals surface area contributed by atoms with Crippen LogP contribution in [0.3, 0.4) is 0 Å². The first-order valence-electron chi connectivity index (χ1n) is 7.54. The van der Waals surface area contributed by atoms with E-state index in [1.165, 1.54) is 12.8 Å². The van der Waals surface area contributed by atoms with Gasteiger partial charge in [0, 0.05) is 25.8 Å². The van der Waals surface area contributed by atoms with E-state index in [9.17, 15) is 0 Å². The number of rotatable bonds is 5. The molecule has 1 aliphatic rings. The highest BCUT2D eigenvalue weighted by Crippen LogP contribution is 2.18. The van der Waals surface area contributed by atoms with Crippen molar-refractivity contribution in [3.8, 4) is 5.95 Å². The maximum Gasteiger partial charge on any atom is 0.257 e. The van der Waals surface area contributed by atoms with Crippen LogP contribution in [0.15, 0.2) is 12.3 Å². The Morgan fingerprint density at radius 3 is 2.57 bits per heavy atom. The Bertz CT molecular complexity index is 601. The molecule has 0 bridgehead atoms. The van der Waals surface area contributed by atoms with Gasteiger partial charge in [-0.25, -0.2) is 4.68 Å². The van der Waals surface area contributed by atoms with Gasteiger partial charge in [-0.05, 0) is 32.3 Å². The Morgan fingerprint density at radius 1 is 1.14 bits per heavy atom. The third kappa shape index (κ3) is 3.12. The van der Waals surface area contributed by atoms with Crippen molar-refractivity contribution in [3.05, 3.63) is 18.0 Å². The minimum absolute atomic E-state index is 0.568. The molecule has 1 fully saturated rings. The molecular weight excluding hydrogens is 266 g/mol. The first-order chi connectivity index (χ1) is 10.3. The van der Waals surface area contributed by atoms with Gasteiger partial charge in [-0.15, -0.1) is 0 Å². The molecule has 3 heterocycles. The molecule has 0 aromatic carbocycles. The largest absolute Gasteiger partial charge is 0.354 e. The van der Waals surface area contributed by atoms with Gasteiger partial charge in [0.15, 0.2) is 0 Å². The zero-order chi connectivity index (χ0) is 14.7. The normalized spacial score (nSPS) is 14.7. The standard InChI is InChI=1S/C14H21N7/c1-3-7-15-12-16-13(20-8-4-5-9-20)18-14(17-12)21-10-6-11(2)19-21/h6,10H,3-5,7-9H2,1-2H3,(H,15,16,17,18). The lowest BCUT2D eigenvalue weighted by atomic mass is 10.4. The molecule has 0 radical (unpaired) electrons. The maximum atomic E-state index is 4.57. The predicted molar refractivity (Wildman–Crippen MR) is 81.9 cm³/mol. The van der Waals surface area contributed by atoms with Gasteiger partial charge in [0.05, 0.1) is 5.69 Å². The van der Waals surface area contributed by atoms with Crippen molar-refractivity contribution in [2.24, 2.45) is 0 Å². The molecule has 112 valence electrons. The van der Waals surface area contributed by atoms with Crippen LogP contribution in [-0.2, 0) is 0 Å². The Hall–Kier alpha value is -2.18. The van der Waals surface area contributed by atoms with Gasteiger partial charge < -0.3 is 10.2 Å². The van der Waals surface area contributed by atoms with Crippen LogP contribution in [0, 0.1) is 6.92 Å². The van der Waals surface area contributed by atoms with E-state index >= 15 is 0 Å². The first-order valence-corrected chi connectivity index (χ1v) is 7.54. The molecular formula is C14H21N7. The number of anilines is 2. The molecule has 1 N–H and O–H groups in total. The smallest absolute Gasteiger partial charge is 0.257 e. The molecule has 1 saturated heterocycles. The minimum atomic E-state index is 0.568. The molecule has 2 aromatic rings. The summed E-state index contributed by atoms with van der Waals surface area (Å²) >= 11 is 0. The Balaban J connectivity index is 1.95. The van der Waals surface area contributed by atoms with Gasteiger partial charge >= 0.3 is 0 Å². The summed E-state index contributed by atoms with van der Waals surface area (Å²) in [5, 5.41) is 7.63. The number of hydrogen-bond acceptors (Lipinski definition) is 6. The maximum absolute atomic E-state index is 4.57. The van der Waals surface area contributed by atoms with Crippen LogP contribution in [0.2, 0.25) is 0 Å². The summed E-state index contributed by atoms with van der Waals surface area (Å²) in [6, 6.07) is 1.94. The molecule has 0 unspecified atom stereocenters. The average Bonchev–Trinajstić information content (AvgIpc) is 3.16.